The molecule has 0 atom stereocenters. The fourth-order valence-corrected chi connectivity index (χ4v) is 0.682. The van der Waals surface area contributed by atoms with Crippen LogP contribution in [0.2, 0.25) is 0 Å². The molecule has 0 unspecified atom stereocenters. The van der Waals surface area contributed by atoms with Crippen molar-refractivity contribution >= 4 is 0 Å². The molecule has 2 nitrogen and oxygen atoms in total. The van der Waals surface area contributed by atoms with E-state index in [1.165, 1.54) is 5.56 Å². The van der Waals surface area contributed by atoms with E-state index in [1.54, 1.807) is 0 Å². The summed E-state index contributed by atoms with van der Waals surface area (Å²) in [7, 11) is 1.99. The molecule has 1 aromatic rings. The van der Waals surface area contributed by atoms with Gasteiger partial charge in [0.05, 0.1) is 0 Å². The van der Waals surface area contributed by atoms with Crippen LogP contribution in [-0.4, -0.2) is 4.57 Å². The van der Waals surface area contributed by atoms with Crippen molar-refractivity contribution in [3.8, 4) is 0 Å². The number of aryl methyl sites for hydroxylation is 1. The average molecular weight is 110 g/mol. The van der Waals surface area contributed by atoms with Gasteiger partial charge in [0.2, 0.25) is 0 Å². The predicted molar refractivity (Wildman–Crippen MR) is 33.3 cm³/mol. The quantitative estimate of drug-likeness (QED) is 0.560. The molecule has 0 spiro atoms. The van der Waals surface area contributed by atoms with Crippen LogP contribution in [0.4, 0.5) is 0 Å². The largest absolute Gasteiger partial charge is 0.357 e. The van der Waals surface area contributed by atoms with Crippen molar-refractivity contribution in [3.05, 3.63) is 24.0 Å². The van der Waals surface area contributed by atoms with Crippen molar-refractivity contribution in [2.24, 2.45) is 12.8 Å². The number of hydrogen-bond donors (Lipinski definition) is 1. The Labute approximate surface area is 48.9 Å². The number of hydrogen-bond acceptors (Lipinski definition) is 1. The summed E-state index contributed by atoms with van der Waals surface area (Å²) in [4.78, 5) is 0. The van der Waals surface area contributed by atoms with Gasteiger partial charge in [-0.2, -0.15) is 0 Å². The third kappa shape index (κ3) is 0.898. The molecular weight excluding hydrogens is 100 g/mol. The van der Waals surface area contributed by atoms with E-state index in [4.69, 9.17) is 5.73 Å². The summed E-state index contributed by atoms with van der Waals surface area (Å²) < 4.78 is 1.99. The number of aromatic nitrogens is 1. The zero-order valence-corrected chi connectivity index (χ0v) is 4.96. The molecule has 44 valence electrons. The molecule has 0 amide bonds. The van der Waals surface area contributed by atoms with Crippen molar-refractivity contribution in [2.75, 3.05) is 0 Å². The average Bonchev–Trinajstić information content (AvgIpc) is 2.14. The second-order valence-corrected chi connectivity index (χ2v) is 1.89. The monoisotopic (exact) mass is 110 g/mol. The van der Waals surface area contributed by atoms with E-state index in [0.29, 0.717) is 6.54 Å². The number of nitrogens with zero attached hydrogens (tertiary/aromatic N) is 1. The molecule has 0 radical (unpaired) electrons. The molecule has 0 saturated carbocycles. The molecule has 0 aliphatic carbocycles. The molecule has 1 aromatic heterocycles. The summed E-state index contributed by atoms with van der Waals surface area (Å²) in [5, 5.41) is 0. The van der Waals surface area contributed by atoms with Gasteiger partial charge in [0.15, 0.2) is 0 Å². The zero-order valence-electron chi connectivity index (χ0n) is 4.96. The Morgan fingerprint density at radius 3 is 2.75 bits per heavy atom. The summed E-state index contributed by atoms with van der Waals surface area (Å²) >= 11 is 0. The Bertz CT molecular complexity index is 167. The third-order valence-corrected chi connectivity index (χ3v) is 1.13. The van der Waals surface area contributed by atoms with Crippen LogP contribution >= 0.6 is 0 Å². The normalized spacial score (nSPS) is 9.75. The van der Waals surface area contributed by atoms with Gasteiger partial charge in [0, 0.05) is 26.0 Å². The topological polar surface area (TPSA) is 30.9 Å². The molecule has 8 heavy (non-hydrogen) atoms. The van der Waals surface area contributed by atoms with Gasteiger partial charge in [-0.3, -0.25) is 0 Å². The molecule has 0 fully saturated rings. The van der Waals surface area contributed by atoms with Gasteiger partial charge >= 0.3 is 0 Å². The number of rotatable bonds is 1. The highest BCUT2D eigenvalue weighted by Gasteiger charge is 1.86. The van der Waals surface area contributed by atoms with Crippen LogP contribution in [0.3, 0.4) is 0 Å². The van der Waals surface area contributed by atoms with E-state index in [2.05, 4.69) is 0 Å². The first-order chi connectivity index (χ1) is 3.83. The Hall–Kier alpha value is -0.760. The lowest BCUT2D eigenvalue weighted by molar-refractivity contribution is 0.916. The summed E-state index contributed by atoms with van der Waals surface area (Å²) in [6.45, 7) is 0.640. The van der Waals surface area contributed by atoms with E-state index in [-0.39, 0.29) is 0 Å². The summed E-state index contributed by atoms with van der Waals surface area (Å²) in [5.74, 6) is 0. The van der Waals surface area contributed by atoms with Gasteiger partial charge < -0.3 is 10.3 Å². The van der Waals surface area contributed by atoms with Gasteiger partial charge in [-0.1, -0.05) is 0 Å². The summed E-state index contributed by atoms with van der Waals surface area (Å²) in [5.41, 5.74) is 6.54. The smallest absolute Gasteiger partial charge is 0.0193 e. The molecular formula is C6H10N2. The lowest BCUT2D eigenvalue weighted by atomic mass is 10.4. The minimum Gasteiger partial charge on any atom is -0.357 e. The van der Waals surface area contributed by atoms with Gasteiger partial charge in [-0.05, 0) is 11.6 Å². The van der Waals surface area contributed by atoms with Crippen LogP contribution in [0.1, 0.15) is 5.56 Å². The van der Waals surface area contributed by atoms with Crippen LogP contribution in [0.5, 0.6) is 0 Å². The Balaban J connectivity index is 2.84. The van der Waals surface area contributed by atoms with Crippen LogP contribution in [0.25, 0.3) is 0 Å². The Morgan fingerprint density at radius 1 is 1.75 bits per heavy atom. The van der Waals surface area contributed by atoms with E-state index in [0.717, 1.165) is 0 Å². The summed E-state index contributed by atoms with van der Waals surface area (Å²) in [6.07, 6.45) is 4.00. The molecule has 1 rings (SSSR count). The second-order valence-electron chi connectivity index (χ2n) is 1.89. The van der Waals surface area contributed by atoms with Crippen molar-refractivity contribution in [1.29, 1.82) is 0 Å². The van der Waals surface area contributed by atoms with Crippen molar-refractivity contribution in [1.82, 2.24) is 4.57 Å². The molecule has 1 heterocycles. The van der Waals surface area contributed by atoms with Gasteiger partial charge in [-0.25, -0.2) is 0 Å². The van der Waals surface area contributed by atoms with Crippen LogP contribution in [0, 0.1) is 0 Å². The fraction of sp³-hybridized carbons (Fsp3) is 0.333. The molecule has 0 aromatic carbocycles. The Morgan fingerprint density at radius 2 is 2.50 bits per heavy atom. The first kappa shape index (κ1) is 5.38. The van der Waals surface area contributed by atoms with Crippen molar-refractivity contribution < 1.29 is 0 Å². The molecule has 0 bridgehead atoms. The molecule has 2 heteroatoms. The maximum absolute atomic E-state index is 5.35. The summed E-state index contributed by atoms with van der Waals surface area (Å²) in [6, 6.07) is 2.01. The maximum atomic E-state index is 5.35. The van der Waals surface area contributed by atoms with Gasteiger partial charge in [0.25, 0.3) is 0 Å². The van der Waals surface area contributed by atoms with Crippen LogP contribution < -0.4 is 5.73 Å². The van der Waals surface area contributed by atoms with E-state index in [1.807, 2.05) is 30.1 Å². The van der Waals surface area contributed by atoms with E-state index >= 15 is 0 Å². The minimum absolute atomic E-state index is 0.640. The molecule has 2 N–H and O–H groups in total. The molecule has 0 aliphatic heterocycles. The highest BCUT2D eigenvalue weighted by atomic mass is 14.9. The predicted octanol–water partition coefficient (Wildman–Crippen LogP) is 0.484. The third-order valence-electron chi connectivity index (χ3n) is 1.13. The molecule has 0 saturated heterocycles. The highest BCUT2D eigenvalue weighted by Crippen LogP contribution is 1.95. The zero-order chi connectivity index (χ0) is 5.98. The van der Waals surface area contributed by atoms with Crippen LogP contribution in [0.15, 0.2) is 18.5 Å². The first-order valence-electron chi connectivity index (χ1n) is 2.64. The standard InChI is InChI=1S/C6H10N2/c1-8-3-2-6(4-7)5-8/h2-3,5H,4,7H2,1H3. The SMILES string of the molecule is Cn1ccc(CN)c1. The van der Waals surface area contributed by atoms with Crippen molar-refractivity contribution in [3.63, 3.8) is 0 Å². The highest BCUT2D eigenvalue weighted by molar-refractivity contribution is 5.08. The lowest BCUT2D eigenvalue weighted by Crippen LogP contribution is -1.93. The fourth-order valence-electron chi connectivity index (χ4n) is 0.682. The van der Waals surface area contributed by atoms with Gasteiger partial charge in [0.1, 0.15) is 0 Å². The van der Waals surface area contributed by atoms with E-state index in [9.17, 15) is 0 Å². The Kier molecular flexibility index (Phi) is 1.35. The van der Waals surface area contributed by atoms with E-state index < -0.39 is 0 Å². The molecule has 0 aliphatic rings. The van der Waals surface area contributed by atoms with Crippen molar-refractivity contribution in [2.45, 2.75) is 6.54 Å². The number of nitrogens with two attached hydrogens (primary N) is 1. The lowest BCUT2D eigenvalue weighted by Gasteiger charge is -1.84. The first-order valence-corrected chi connectivity index (χ1v) is 2.64. The minimum atomic E-state index is 0.640. The second kappa shape index (κ2) is 2.01. The van der Waals surface area contributed by atoms with Gasteiger partial charge in [-0.15, -0.1) is 0 Å². The van der Waals surface area contributed by atoms with Crippen LogP contribution in [-0.2, 0) is 13.6 Å². The maximum Gasteiger partial charge on any atom is 0.0193 e.